The molecule has 1 aromatic rings. The number of aromatic hydroxyl groups is 1. The summed E-state index contributed by atoms with van der Waals surface area (Å²) < 4.78 is 0. The molecular formula is C23H34N4O9. The number of aliphatic carboxylic acids is 2. The molecule has 13 nitrogen and oxygen atoms in total. The molecule has 0 radical (unpaired) electrons. The Morgan fingerprint density at radius 2 is 1.42 bits per heavy atom. The Hall–Kier alpha value is -3.71. The highest BCUT2D eigenvalue weighted by molar-refractivity contribution is 5.95. The second-order valence-corrected chi connectivity index (χ2v) is 8.89. The van der Waals surface area contributed by atoms with E-state index >= 15 is 0 Å². The fourth-order valence-corrected chi connectivity index (χ4v) is 3.27. The number of benzene rings is 1. The number of rotatable bonds is 14. The number of nitrogens with one attached hydrogen (secondary N) is 3. The molecule has 0 spiro atoms. The minimum atomic E-state index is -1.71. The van der Waals surface area contributed by atoms with Gasteiger partial charge in [0.25, 0.3) is 0 Å². The van der Waals surface area contributed by atoms with Gasteiger partial charge < -0.3 is 42.1 Å². The molecule has 0 fully saturated rings. The summed E-state index contributed by atoms with van der Waals surface area (Å²) in [7, 11) is 0. The van der Waals surface area contributed by atoms with Gasteiger partial charge in [0.2, 0.25) is 17.7 Å². The number of carbonyl (C=O) groups excluding carboxylic acids is 3. The Morgan fingerprint density at radius 3 is 1.89 bits per heavy atom. The van der Waals surface area contributed by atoms with Gasteiger partial charge in [-0.1, -0.05) is 26.0 Å². The highest BCUT2D eigenvalue weighted by Crippen LogP contribution is 2.12. The van der Waals surface area contributed by atoms with E-state index in [1.165, 1.54) is 31.2 Å². The maximum atomic E-state index is 12.8. The number of carbonyl (C=O) groups is 5. The molecule has 1 rings (SSSR count). The SMILES string of the molecule is CC(C)CC(N)C(=O)NC(C(=O)NC(CC(=O)O)C(=O)NC(Cc1ccc(O)cc1)C(=O)O)C(C)O. The van der Waals surface area contributed by atoms with Gasteiger partial charge in [0.1, 0.15) is 23.9 Å². The number of carboxylic acids is 2. The van der Waals surface area contributed by atoms with Gasteiger partial charge in [-0.05, 0) is 37.0 Å². The molecule has 0 aliphatic carbocycles. The van der Waals surface area contributed by atoms with Crippen LogP contribution < -0.4 is 21.7 Å². The molecule has 1 aromatic carbocycles. The van der Waals surface area contributed by atoms with Crippen molar-refractivity contribution < 1.29 is 44.4 Å². The van der Waals surface area contributed by atoms with Crippen molar-refractivity contribution in [2.24, 2.45) is 11.7 Å². The summed E-state index contributed by atoms with van der Waals surface area (Å²) in [5.74, 6) is -5.70. The Balaban J connectivity index is 2.99. The van der Waals surface area contributed by atoms with Gasteiger partial charge in [-0.2, -0.15) is 0 Å². The molecule has 0 heterocycles. The number of carboxylic acid groups (broad SMARTS) is 2. The van der Waals surface area contributed by atoms with Crippen LogP contribution in [-0.2, 0) is 30.4 Å². The number of nitrogens with two attached hydrogens (primary N) is 1. The lowest BCUT2D eigenvalue weighted by Gasteiger charge is -2.26. The molecule has 0 saturated heterocycles. The van der Waals surface area contributed by atoms with E-state index in [0.717, 1.165) is 0 Å². The van der Waals surface area contributed by atoms with Gasteiger partial charge in [-0.3, -0.25) is 19.2 Å². The lowest BCUT2D eigenvalue weighted by Crippen LogP contribution is -2.60. The second-order valence-electron chi connectivity index (χ2n) is 8.89. The summed E-state index contributed by atoms with van der Waals surface area (Å²) in [6.07, 6.45) is -2.19. The zero-order chi connectivity index (χ0) is 27.6. The molecule has 3 amide bonds. The molecule has 13 heteroatoms. The molecule has 0 bridgehead atoms. The third-order valence-electron chi connectivity index (χ3n) is 5.13. The molecule has 0 aliphatic rings. The summed E-state index contributed by atoms with van der Waals surface area (Å²) in [5.41, 5.74) is 6.27. The lowest BCUT2D eigenvalue weighted by atomic mass is 10.0. The molecule has 200 valence electrons. The Kier molecular flexibility index (Phi) is 11.8. The van der Waals surface area contributed by atoms with Gasteiger partial charge in [0, 0.05) is 6.42 Å². The molecule has 0 aliphatic heterocycles. The average molecular weight is 511 g/mol. The standard InChI is InChI=1S/C23H34N4O9/c1-11(2)8-15(24)20(32)27-19(12(3)28)22(34)25-16(10-18(30)31)21(33)26-17(23(35)36)9-13-4-6-14(29)7-5-13/h4-7,11-12,15-17,19,28-29H,8-10,24H2,1-3H3,(H,25,34)(H,26,33)(H,27,32)(H,30,31)(H,35,36). The van der Waals surface area contributed by atoms with Crippen molar-refractivity contribution in [1.82, 2.24) is 16.0 Å². The summed E-state index contributed by atoms with van der Waals surface area (Å²) in [4.78, 5) is 60.8. The van der Waals surface area contributed by atoms with Gasteiger partial charge >= 0.3 is 11.9 Å². The Morgan fingerprint density at radius 1 is 0.861 bits per heavy atom. The molecule has 36 heavy (non-hydrogen) atoms. The third-order valence-corrected chi connectivity index (χ3v) is 5.13. The first-order valence-electron chi connectivity index (χ1n) is 11.3. The van der Waals surface area contributed by atoms with Gasteiger partial charge in [0.15, 0.2) is 0 Å². The van der Waals surface area contributed by atoms with Crippen molar-refractivity contribution in [3.8, 4) is 5.75 Å². The number of phenols is 1. The van der Waals surface area contributed by atoms with Crippen LogP contribution in [0.2, 0.25) is 0 Å². The minimum absolute atomic E-state index is 0.0381. The fourth-order valence-electron chi connectivity index (χ4n) is 3.27. The topological polar surface area (TPSA) is 228 Å². The Bertz CT molecular complexity index is 934. The molecule has 5 unspecified atom stereocenters. The third kappa shape index (κ3) is 10.3. The van der Waals surface area contributed by atoms with E-state index in [-0.39, 0.29) is 18.1 Å². The van der Waals surface area contributed by atoms with Crippen LogP contribution >= 0.6 is 0 Å². The van der Waals surface area contributed by atoms with Crippen molar-refractivity contribution in [2.45, 2.75) is 70.3 Å². The molecule has 9 N–H and O–H groups in total. The lowest BCUT2D eigenvalue weighted by molar-refractivity contribution is -0.143. The van der Waals surface area contributed by atoms with Crippen molar-refractivity contribution in [2.75, 3.05) is 0 Å². The first kappa shape index (κ1) is 30.3. The molecular weight excluding hydrogens is 476 g/mol. The monoisotopic (exact) mass is 510 g/mol. The zero-order valence-electron chi connectivity index (χ0n) is 20.3. The smallest absolute Gasteiger partial charge is 0.326 e. The van der Waals surface area contributed by atoms with E-state index in [0.29, 0.717) is 12.0 Å². The van der Waals surface area contributed by atoms with E-state index in [2.05, 4.69) is 16.0 Å². The average Bonchev–Trinajstić information content (AvgIpc) is 2.76. The van der Waals surface area contributed by atoms with Crippen LogP contribution in [0.3, 0.4) is 0 Å². The first-order chi connectivity index (χ1) is 16.7. The van der Waals surface area contributed by atoms with Crippen molar-refractivity contribution in [3.63, 3.8) is 0 Å². The predicted octanol–water partition coefficient (Wildman–Crippen LogP) is -1.30. The minimum Gasteiger partial charge on any atom is -0.508 e. The van der Waals surface area contributed by atoms with E-state index in [1.54, 1.807) is 0 Å². The second kappa shape index (κ2) is 14.0. The van der Waals surface area contributed by atoms with Gasteiger partial charge in [0.05, 0.1) is 18.6 Å². The highest BCUT2D eigenvalue weighted by atomic mass is 16.4. The van der Waals surface area contributed by atoms with Crippen LogP contribution in [0.25, 0.3) is 0 Å². The quantitative estimate of drug-likeness (QED) is 0.147. The summed E-state index contributed by atoms with van der Waals surface area (Å²) in [6, 6.07) is -0.125. The molecule has 5 atom stereocenters. The maximum absolute atomic E-state index is 12.8. The van der Waals surface area contributed by atoms with Gasteiger partial charge in [-0.25, -0.2) is 4.79 Å². The number of hydrogen-bond acceptors (Lipinski definition) is 8. The number of amides is 3. The maximum Gasteiger partial charge on any atom is 0.326 e. The number of aliphatic hydroxyl groups is 1. The largest absolute Gasteiger partial charge is 0.508 e. The van der Waals surface area contributed by atoms with E-state index in [9.17, 15) is 44.4 Å². The first-order valence-corrected chi connectivity index (χ1v) is 11.3. The zero-order valence-corrected chi connectivity index (χ0v) is 20.3. The van der Waals surface area contributed by atoms with E-state index in [4.69, 9.17) is 5.73 Å². The van der Waals surface area contributed by atoms with Gasteiger partial charge in [-0.15, -0.1) is 0 Å². The Labute approximate surface area is 208 Å². The predicted molar refractivity (Wildman–Crippen MR) is 127 cm³/mol. The van der Waals surface area contributed by atoms with Crippen LogP contribution in [0.15, 0.2) is 24.3 Å². The normalized spacial score (nSPS) is 15.2. The summed E-state index contributed by atoms with van der Waals surface area (Å²) >= 11 is 0. The number of phenolic OH excluding ortho intramolecular Hbond substituents is 1. The summed E-state index contributed by atoms with van der Waals surface area (Å²) in [6.45, 7) is 4.89. The van der Waals surface area contributed by atoms with Crippen molar-refractivity contribution in [3.05, 3.63) is 29.8 Å². The van der Waals surface area contributed by atoms with Crippen LogP contribution in [0.4, 0.5) is 0 Å². The molecule has 0 saturated carbocycles. The van der Waals surface area contributed by atoms with Crippen LogP contribution in [-0.4, -0.2) is 80.4 Å². The van der Waals surface area contributed by atoms with Crippen LogP contribution in [0.1, 0.15) is 39.2 Å². The molecule has 0 aromatic heterocycles. The van der Waals surface area contributed by atoms with Crippen LogP contribution in [0.5, 0.6) is 5.75 Å². The number of aliphatic hydroxyl groups excluding tert-OH is 1. The van der Waals surface area contributed by atoms with Crippen molar-refractivity contribution in [1.29, 1.82) is 0 Å². The van der Waals surface area contributed by atoms with Crippen LogP contribution in [0, 0.1) is 5.92 Å². The number of hydrogen-bond donors (Lipinski definition) is 8. The fraction of sp³-hybridized carbons (Fsp3) is 0.522. The summed E-state index contributed by atoms with van der Waals surface area (Å²) in [5, 5.41) is 44.7. The highest BCUT2D eigenvalue weighted by Gasteiger charge is 2.33. The van der Waals surface area contributed by atoms with E-state index < -0.39 is 66.4 Å². The van der Waals surface area contributed by atoms with Crippen molar-refractivity contribution >= 4 is 29.7 Å². The van der Waals surface area contributed by atoms with E-state index in [1.807, 2.05) is 13.8 Å².